The van der Waals surface area contributed by atoms with E-state index in [-0.39, 0.29) is 0 Å². The van der Waals surface area contributed by atoms with Gasteiger partial charge in [0.1, 0.15) is 0 Å². The molecule has 0 spiro atoms. The number of benzene rings is 1. The topological polar surface area (TPSA) is 41.3 Å². The molecule has 2 fully saturated rings. The smallest absolute Gasteiger partial charge is 0.0362 e. The van der Waals surface area contributed by atoms with Gasteiger partial charge in [-0.05, 0) is 50.9 Å². The zero-order chi connectivity index (χ0) is 12.5. The number of anilines is 2. The quantitative estimate of drug-likeness (QED) is 0.787. The van der Waals surface area contributed by atoms with Gasteiger partial charge in [-0.3, -0.25) is 0 Å². The third kappa shape index (κ3) is 2.32. The Balaban J connectivity index is 1.68. The van der Waals surface area contributed by atoms with Gasteiger partial charge in [0.05, 0.1) is 0 Å². The zero-order valence-electron chi connectivity index (χ0n) is 11.1. The second-order valence-electron chi connectivity index (χ2n) is 5.84. The van der Waals surface area contributed by atoms with E-state index in [0.717, 1.165) is 17.8 Å². The van der Waals surface area contributed by atoms with Crippen molar-refractivity contribution in [3.8, 4) is 0 Å². The van der Waals surface area contributed by atoms with Gasteiger partial charge < -0.3 is 16.0 Å². The summed E-state index contributed by atoms with van der Waals surface area (Å²) in [4.78, 5) is 2.60. The third-order valence-corrected chi connectivity index (χ3v) is 4.60. The highest BCUT2D eigenvalue weighted by Gasteiger charge is 2.35. The van der Waals surface area contributed by atoms with Crippen molar-refractivity contribution in [1.29, 1.82) is 0 Å². The van der Waals surface area contributed by atoms with Crippen LogP contribution < -0.4 is 11.1 Å². The molecule has 0 radical (unpaired) electrons. The molecule has 1 aromatic rings. The van der Waals surface area contributed by atoms with Crippen molar-refractivity contribution in [3.63, 3.8) is 0 Å². The van der Waals surface area contributed by atoms with Gasteiger partial charge in [0, 0.05) is 29.5 Å². The summed E-state index contributed by atoms with van der Waals surface area (Å²) < 4.78 is 0. The van der Waals surface area contributed by atoms with Crippen molar-refractivity contribution >= 4 is 11.4 Å². The first-order chi connectivity index (χ1) is 8.72. The predicted molar refractivity (Wildman–Crippen MR) is 76.7 cm³/mol. The number of fused-ring (bicyclic) bond motifs is 2. The molecule has 0 aromatic heterocycles. The lowest BCUT2D eigenvalue weighted by molar-refractivity contribution is 0.0608. The molecule has 0 aliphatic carbocycles. The molecule has 2 aliphatic heterocycles. The molecular weight excluding hydrogens is 222 g/mol. The van der Waals surface area contributed by atoms with Crippen LogP contribution >= 0.6 is 0 Å². The molecule has 2 unspecified atom stereocenters. The normalized spacial score (nSPS) is 32.2. The number of nitrogens with zero attached hydrogens (tertiary/aromatic N) is 1. The molecule has 2 saturated heterocycles. The van der Waals surface area contributed by atoms with E-state index in [1.165, 1.54) is 37.8 Å². The third-order valence-electron chi connectivity index (χ3n) is 4.60. The number of hydrogen-bond donors (Lipinski definition) is 2. The van der Waals surface area contributed by atoms with Crippen LogP contribution in [0.4, 0.5) is 11.4 Å². The molecule has 2 bridgehead atoms. The van der Waals surface area contributed by atoms with E-state index in [2.05, 4.69) is 23.3 Å². The zero-order valence-corrected chi connectivity index (χ0v) is 11.1. The van der Waals surface area contributed by atoms with Gasteiger partial charge in [-0.15, -0.1) is 0 Å². The Morgan fingerprint density at radius 1 is 1.22 bits per heavy atom. The molecule has 18 heavy (non-hydrogen) atoms. The number of rotatable bonds is 2. The first kappa shape index (κ1) is 11.8. The maximum atomic E-state index is 5.83. The number of nitrogens with one attached hydrogen (secondary N) is 1. The Labute approximate surface area is 109 Å². The van der Waals surface area contributed by atoms with Crippen molar-refractivity contribution in [1.82, 2.24) is 4.90 Å². The van der Waals surface area contributed by atoms with E-state index in [4.69, 9.17) is 5.73 Å². The van der Waals surface area contributed by atoms with Gasteiger partial charge >= 0.3 is 0 Å². The van der Waals surface area contributed by atoms with Crippen LogP contribution in [0.2, 0.25) is 0 Å². The molecule has 2 atom stereocenters. The van der Waals surface area contributed by atoms with Gasteiger partial charge in [0.25, 0.3) is 0 Å². The molecule has 2 heterocycles. The molecule has 3 N–H and O–H groups in total. The fourth-order valence-corrected chi connectivity index (χ4v) is 3.60. The lowest BCUT2D eigenvalue weighted by Gasteiger charge is -2.47. The standard InChI is InChI=1S/C15H23N3/c1-18-14-6-3-7-15(18)10-13(9-14)17-12-5-2-4-11(16)8-12/h2,4-5,8,13-15,17H,3,6-7,9-10,16H2,1H3. The second kappa shape index (κ2) is 4.81. The highest BCUT2D eigenvalue weighted by molar-refractivity contribution is 5.54. The van der Waals surface area contributed by atoms with Crippen LogP contribution in [-0.4, -0.2) is 30.1 Å². The lowest BCUT2D eigenvalue weighted by Crippen LogP contribution is -2.52. The van der Waals surface area contributed by atoms with Crippen molar-refractivity contribution in [3.05, 3.63) is 24.3 Å². The summed E-state index contributed by atoms with van der Waals surface area (Å²) in [6.45, 7) is 0. The molecule has 98 valence electrons. The molecule has 3 nitrogen and oxygen atoms in total. The number of hydrogen-bond acceptors (Lipinski definition) is 3. The van der Waals surface area contributed by atoms with Crippen LogP contribution in [0.5, 0.6) is 0 Å². The molecular formula is C15H23N3. The Morgan fingerprint density at radius 3 is 2.61 bits per heavy atom. The van der Waals surface area contributed by atoms with Crippen LogP contribution in [0, 0.1) is 0 Å². The summed E-state index contributed by atoms with van der Waals surface area (Å²) in [7, 11) is 2.30. The van der Waals surface area contributed by atoms with Crippen LogP contribution in [0.15, 0.2) is 24.3 Å². The van der Waals surface area contributed by atoms with Crippen molar-refractivity contribution in [2.75, 3.05) is 18.1 Å². The average molecular weight is 245 g/mol. The van der Waals surface area contributed by atoms with Gasteiger partial charge in [0.2, 0.25) is 0 Å². The molecule has 0 amide bonds. The first-order valence-corrected chi connectivity index (χ1v) is 7.06. The summed E-state index contributed by atoms with van der Waals surface area (Å²) in [5, 5.41) is 3.66. The lowest BCUT2D eigenvalue weighted by atomic mass is 9.82. The van der Waals surface area contributed by atoms with Crippen LogP contribution in [-0.2, 0) is 0 Å². The van der Waals surface area contributed by atoms with Crippen LogP contribution in [0.25, 0.3) is 0 Å². The van der Waals surface area contributed by atoms with Crippen molar-refractivity contribution < 1.29 is 0 Å². The Hall–Kier alpha value is -1.22. The molecule has 3 heteroatoms. The average Bonchev–Trinajstić information content (AvgIpc) is 2.30. The minimum atomic E-state index is 0.610. The minimum absolute atomic E-state index is 0.610. The van der Waals surface area contributed by atoms with Crippen molar-refractivity contribution in [2.24, 2.45) is 0 Å². The van der Waals surface area contributed by atoms with Gasteiger partial charge in [-0.25, -0.2) is 0 Å². The van der Waals surface area contributed by atoms with Crippen molar-refractivity contribution in [2.45, 2.75) is 50.2 Å². The largest absolute Gasteiger partial charge is 0.399 e. The SMILES string of the molecule is CN1C2CCCC1CC(Nc1cccc(N)c1)C2. The van der Waals surface area contributed by atoms with Crippen LogP contribution in [0.1, 0.15) is 32.1 Å². The number of nitrogen functional groups attached to an aromatic ring is 1. The summed E-state index contributed by atoms with van der Waals surface area (Å²) in [6.07, 6.45) is 6.67. The Morgan fingerprint density at radius 2 is 1.94 bits per heavy atom. The summed E-state index contributed by atoms with van der Waals surface area (Å²) in [5.74, 6) is 0. The Bertz CT molecular complexity index is 404. The fraction of sp³-hybridized carbons (Fsp3) is 0.600. The number of nitrogens with two attached hydrogens (primary N) is 1. The maximum absolute atomic E-state index is 5.83. The second-order valence-corrected chi connectivity index (χ2v) is 5.84. The highest BCUT2D eigenvalue weighted by atomic mass is 15.2. The summed E-state index contributed by atoms with van der Waals surface area (Å²) in [5.41, 5.74) is 7.84. The van der Waals surface area contributed by atoms with Gasteiger partial charge in [-0.1, -0.05) is 12.5 Å². The van der Waals surface area contributed by atoms with E-state index in [1.54, 1.807) is 0 Å². The molecule has 2 aliphatic rings. The monoisotopic (exact) mass is 245 g/mol. The minimum Gasteiger partial charge on any atom is -0.399 e. The van der Waals surface area contributed by atoms with E-state index in [9.17, 15) is 0 Å². The summed E-state index contributed by atoms with van der Waals surface area (Å²) >= 11 is 0. The molecule has 0 saturated carbocycles. The first-order valence-electron chi connectivity index (χ1n) is 7.06. The summed E-state index contributed by atoms with van der Waals surface area (Å²) in [6, 6.07) is 10.3. The van der Waals surface area contributed by atoms with E-state index in [1.807, 2.05) is 18.2 Å². The Kier molecular flexibility index (Phi) is 3.16. The maximum Gasteiger partial charge on any atom is 0.0362 e. The molecule has 3 rings (SSSR count). The van der Waals surface area contributed by atoms with Gasteiger partial charge in [-0.2, -0.15) is 0 Å². The fourth-order valence-electron chi connectivity index (χ4n) is 3.60. The van der Waals surface area contributed by atoms with E-state index >= 15 is 0 Å². The van der Waals surface area contributed by atoms with E-state index < -0.39 is 0 Å². The number of piperidine rings is 2. The highest BCUT2D eigenvalue weighted by Crippen LogP contribution is 2.33. The van der Waals surface area contributed by atoms with Gasteiger partial charge in [0.15, 0.2) is 0 Å². The predicted octanol–water partition coefficient (Wildman–Crippen LogP) is 2.70. The van der Waals surface area contributed by atoms with Crippen LogP contribution in [0.3, 0.4) is 0 Å². The molecule has 1 aromatic carbocycles. The van der Waals surface area contributed by atoms with E-state index in [0.29, 0.717) is 6.04 Å².